The standard InChI is InChI=1S/C17H19NO3S/c19-15-10-13-8-9-14(11-15)18(13)22(20,21)17-7-3-5-12-4-1-2-6-16(12)17/h1-7,13-15,19H,8-11H2. The number of hydrogen-bond acceptors (Lipinski definition) is 3. The second kappa shape index (κ2) is 5.05. The zero-order valence-corrected chi connectivity index (χ0v) is 13.0. The average Bonchev–Trinajstić information content (AvgIpc) is 2.80. The van der Waals surface area contributed by atoms with E-state index < -0.39 is 10.0 Å². The first-order chi connectivity index (χ1) is 10.6. The van der Waals surface area contributed by atoms with Crippen LogP contribution < -0.4 is 0 Å². The molecule has 2 aliphatic rings. The summed E-state index contributed by atoms with van der Waals surface area (Å²) in [5.74, 6) is 0. The fourth-order valence-electron chi connectivity index (χ4n) is 4.03. The van der Waals surface area contributed by atoms with Crippen molar-refractivity contribution in [2.45, 2.75) is 48.8 Å². The van der Waals surface area contributed by atoms with E-state index in [1.54, 1.807) is 16.4 Å². The molecule has 0 aromatic heterocycles. The van der Waals surface area contributed by atoms with Gasteiger partial charge in [-0.15, -0.1) is 0 Å². The number of aliphatic hydroxyl groups is 1. The molecule has 2 atom stereocenters. The SMILES string of the molecule is O=S(=O)(c1cccc2ccccc12)N1C2CCC1CC(O)C2. The first kappa shape index (κ1) is 14.2. The Labute approximate surface area is 130 Å². The average molecular weight is 317 g/mol. The molecule has 1 N–H and O–H groups in total. The summed E-state index contributed by atoms with van der Waals surface area (Å²) in [7, 11) is -3.53. The van der Waals surface area contributed by atoms with Crippen molar-refractivity contribution in [3.05, 3.63) is 42.5 Å². The van der Waals surface area contributed by atoms with Crippen LogP contribution in [0.3, 0.4) is 0 Å². The molecule has 4 rings (SSSR count). The smallest absolute Gasteiger partial charge is 0.244 e. The number of sulfonamides is 1. The van der Waals surface area contributed by atoms with E-state index in [1.165, 1.54) is 0 Å². The van der Waals surface area contributed by atoms with Gasteiger partial charge in [-0.05, 0) is 37.1 Å². The van der Waals surface area contributed by atoms with Crippen molar-refractivity contribution < 1.29 is 13.5 Å². The molecule has 2 bridgehead atoms. The molecule has 2 aromatic carbocycles. The summed E-state index contributed by atoms with van der Waals surface area (Å²) in [4.78, 5) is 0.388. The van der Waals surface area contributed by atoms with Gasteiger partial charge in [0.2, 0.25) is 10.0 Å². The molecule has 2 heterocycles. The second-order valence-electron chi connectivity index (χ2n) is 6.32. The molecule has 2 fully saturated rings. The number of piperidine rings is 1. The molecular weight excluding hydrogens is 298 g/mol. The molecule has 2 aliphatic heterocycles. The molecular formula is C17H19NO3S. The lowest BCUT2D eigenvalue weighted by Crippen LogP contribution is -2.47. The van der Waals surface area contributed by atoms with Crippen LogP contribution in [0, 0.1) is 0 Å². The highest BCUT2D eigenvalue weighted by Gasteiger charge is 2.47. The van der Waals surface area contributed by atoms with Crippen molar-refractivity contribution in [2.75, 3.05) is 0 Å². The Hall–Kier alpha value is -1.43. The van der Waals surface area contributed by atoms with Gasteiger partial charge in [0.15, 0.2) is 0 Å². The predicted octanol–water partition coefficient (Wildman–Crippen LogP) is 2.52. The summed E-state index contributed by atoms with van der Waals surface area (Å²) >= 11 is 0. The Morgan fingerprint density at radius 1 is 0.955 bits per heavy atom. The van der Waals surface area contributed by atoms with Crippen molar-refractivity contribution in [1.29, 1.82) is 0 Å². The fraction of sp³-hybridized carbons (Fsp3) is 0.412. The molecule has 0 aliphatic carbocycles. The van der Waals surface area contributed by atoms with Gasteiger partial charge in [0.05, 0.1) is 11.0 Å². The lowest BCUT2D eigenvalue weighted by atomic mass is 10.0. The van der Waals surface area contributed by atoms with Gasteiger partial charge >= 0.3 is 0 Å². The number of rotatable bonds is 2. The zero-order valence-electron chi connectivity index (χ0n) is 12.2. The van der Waals surface area contributed by atoms with Crippen LogP contribution in [0.15, 0.2) is 47.4 Å². The van der Waals surface area contributed by atoms with E-state index in [9.17, 15) is 13.5 Å². The van der Waals surface area contributed by atoms with Gasteiger partial charge in [-0.2, -0.15) is 4.31 Å². The number of aliphatic hydroxyl groups excluding tert-OH is 1. The Balaban J connectivity index is 1.84. The molecule has 5 heteroatoms. The first-order valence-electron chi connectivity index (χ1n) is 7.77. The Morgan fingerprint density at radius 3 is 2.32 bits per heavy atom. The van der Waals surface area contributed by atoms with Crippen LogP contribution in [-0.2, 0) is 10.0 Å². The maximum Gasteiger partial charge on any atom is 0.244 e. The van der Waals surface area contributed by atoms with E-state index in [0.717, 1.165) is 23.6 Å². The van der Waals surface area contributed by atoms with Crippen LogP contribution >= 0.6 is 0 Å². The molecule has 22 heavy (non-hydrogen) atoms. The lowest BCUT2D eigenvalue weighted by Gasteiger charge is -2.36. The third-order valence-corrected chi connectivity index (χ3v) is 7.01. The Bertz CT molecular complexity index is 798. The van der Waals surface area contributed by atoms with E-state index in [4.69, 9.17) is 0 Å². The van der Waals surface area contributed by atoms with Gasteiger partial charge in [-0.25, -0.2) is 8.42 Å². The molecule has 0 saturated carbocycles. The minimum absolute atomic E-state index is 0.0577. The van der Waals surface area contributed by atoms with Crippen LogP contribution in [0.2, 0.25) is 0 Å². The molecule has 2 aromatic rings. The van der Waals surface area contributed by atoms with Gasteiger partial charge < -0.3 is 5.11 Å². The summed E-state index contributed by atoms with van der Waals surface area (Å²) in [5.41, 5.74) is 0. The zero-order chi connectivity index (χ0) is 15.3. The Kier molecular flexibility index (Phi) is 3.25. The van der Waals surface area contributed by atoms with Crippen molar-refractivity contribution in [3.63, 3.8) is 0 Å². The maximum atomic E-state index is 13.2. The lowest BCUT2D eigenvalue weighted by molar-refractivity contribution is 0.0769. The van der Waals surface area contributed by atoms with Crippen LogP contribution in [0.25, 0.3) is 10.8 Å². The number of benzene rings is 2. The van der Waals surface area contributed by atoms with Gasteiger partial charge in [0, 0.05) is 17.5 Å². The summed E-state index contributed by atoms with van der Waals surface area (Å²) in [6.07, 6.45) is 2.45. The molecule has 0 radical (unpaired) electrons. The minimum atomic E-state index is -3.53. The summed E-state index contributed by atoms with van der Waals surface area (Å²) in [5, 5.41) is 11.6. The summed E-state index contributed by atoms with van der Waals surface area (Å²) < 4.78 is 28.1. The van der Waals surface area contributed by atoms with E-state index in [1.807, 2.05) is 30.3 Å². The third kappa shape index (κ3) is 2.07. The van der Waals surface area contributed by atoms with Gasteiger partial charge in [-0.1, -0.05) is 36.4 Å². The monoisotopic (exact) mass is 317 g/mol. The van der Waals surface area contributed by atoms with Gasteiger partial charge in [0.1, 0.15) is 0 Å². The van der Waals surface area contributed by atoms with Gasteiger partial charge in [-0.3, -0.25) is 0 Å². The fourth-order valence-corrected chi connectivity index (χ4v) is 6.14. The topological polar surface area (TPSA) is 57.6 Å². The third-order valence-electron chi connectivity index (χ3n) is 4.95. The number of fused-ring (bicyclic) bond motifs is 3. The highest BCUT2D eigenvalue weighted by atomic mass is 32.2. The first-order valence-corrected chi connectivity index (χ1v) is 9.21. The molecule has 2 unspecified atom stereocenters. The molecule has 0 spiro atoms. The van der Waals surface area contributed by atoms with E-state index in [2.05, 4.69) is 0 Å². The minimum Gasteiger partial charge on any atom is -0.393 e. The van der Waals surface area contributed by atoms with Crippen LogP contribution in [0.4, 0.5) is 0 Å². The van der Waals surface area contributed by atoms with Crippen molar-refractivity contribution >= 4 is 20.8 Å². The summed E-state index contributed by atoms with van der Waals surface area (Å²) in [6.45, 7) is 0. The van der Waals surface area contributed by atoms with Gasteiger partial charge in [0.25, 0.3) is 0 Å². The van der Waals surface area contributed by atoms with Crippen LogP contribution in [-0.4, -0.2) is 36.0 Å². The number of hydrogen-bond donors (Lipinski definition) is 1. The second-order valence-corrected chi connectivity index (χ2v) is 8.13. The maximum absolute atomic E-state index is 13.2. The molecule has 116 valence electrons. The highest BCUT2D eigenvalue weighted by molar-refractivity contribution is 7.89. The molecule has 4 nitrogen and oxygen atoms in total. The highest BCUT2D eigenvalue weighted by Crippen LogP contribution is 2.40. The largest absolute Gasteiger partial charge is 0.393 e. The predicted molar refractivity (Wildman–Crippen MR) is 85.0 cm³/mol. The number of nitrogens with zero attached hydrogens (tertiary/aromatic N) is 1. The van der Waals surface area contributed by atoms with Crippen molar-refractivity contribution in [2.24, 2.45) is 0 Å². The molecule has 0 amide bonds. The van der Waals surface area contributed by atoms with Crippen LogP contribution in [0.5, 0.6) is 0 Å². The quantitative estimate of drug-likeness (QED) is 0.926. The van der Waals surface area contributed by atoms with E-state index in [-0.39, 0.29) is 18.2 Å². The summed E-state index contributed by atoms with van der Waals surface area (Å²) in [6, 6.07) is 12.9. The van der Waals surface area contributed by atoms with Crippen molar-refractivity contribution in [3.8, 4) is 0 Å². The normalized spacial score (nSPS) is 29.0. The van der Waals surface area contributed by atoms with Crippen LogP contribution in [0.1, 0.15) is 25.7 Å². The Morgan fingerprint density at radius 2 is 1.59 bits per heavy atom. The van der Waals surface area contributed by atoms with E-state index >= 15 is 0 Å². The van der Waals surface area contributed by atoms with Crippen molar-refractivity contribution in [1.82, 2.24) is 4.31 Å². The molecule has 2 saturated heterocycles. The van der Waals surface area contributed by atoms with E-state index in [0.29, 0.717) is 17.7 Å².